The highest BCUT2D eigenvalue weighted by molar-refractivity contribution is 5.85. The van der Waals surface area contributed by atoms with Gasteiger partial charge in [0.1, 0.15) is 11.6 Å². The Bertz CT molecular complexity index is 409. The number of rotatable bonds is 2. The van der Waals surface area contributed by atoms with E-state index in [1.54, 1.807) is 18.3 Å². The Balaban J connectivity index is 1.88. The fourth-order valence-corrected chi connectivity index (χ4v) is 1.71. The molecule has 0 atom stereocenters. The van der Waals surface area contributed by atoms with Crippen LogP contribution >= 0.6 is 0 Å². The van der Waals surface area contributed by atoms with Gasteiger partial charge in [-0.3, -0.25) is 10.4 Å². The van der Waals surface area contributed by atoms with Gasteiger partial charge in [0.2, 0.25) is 0 Å². The molecule has 0 radical (unpaired) electrons. The Morgan fingerprint density at radius 2 is 2.00 bits per heavy atom. The number of benzene rings is 1. The third-order valence-corrected chi connectivity index (χ3v) is 2.67. The molecule has 1 aliphatic rings. The highest BCUT2D eigenvalue weighted by Crippen LogP contribution is 2.08. The van der Waals surface area contributed by atoms with Crippen molar-refractivity contribution in [2.45, 2.75) is 25.7 Å². The molecule has 1 aromatic carbocycles. The molecule has 0 unspecified atom stereocenters. The van der Waals surface area contributed by atoms with Crippen LogP contribution < -0.4 is 5.43 Å². The Kier molecular flexibility index (Phi) is 4.13. The average molecular weight is 231 g/mol. The Labute approximate surface area is 101 Å². The predicted octanol–water partition coefficient (Wildman–Crippen LogP) is 2.29. The minimum absolute atomic E-state index is 0.267. The SMILES string of the molecule is Oc1ccc(C=NNC2=NCCCCC2)cc1. The molecule has 0 spiro atoms. The van der Waals surface area contributed by atoms with E-state index in [4.69, 9.17) is 5.11 Å². The van der Waals surface area contributed by atoms with Gasteiger partial charge in [-0.25, -0.2) is 0 Å². The van der Waals surface area contributed by atoms with E-state index in [0.717, 1.165) is 24.4 Å². The fourth-order valence-electron chi connectivity index (χ4n) is 1.71. The molecule has 17 heavy (non-hydrogen) atoms. The van der Waals surface area contributed by atoms with Crippen LogP contribution in [0, 0.1) is 0 Å². The smallest absolute Gasteiger partial charge is 0.117 e. The first kappa shape index (κ1) is 11.6. The Hall–Kier alpha value is -1.84. The Morgan fingerprint density at radius 1 is 1.18 bits per heavy atom. The van der Waals surface area contributed by atoms with Crippen molar-refractivity contribution in [2.24, 2.45) is 10.1 Å². The largest absolute Gasteiger partial charge is 0.508 e. The molecule has 0 aliphatic carbocycles. The number of phenolic OH excluding ortho intramolecular Hbond substituents is 1. The summed E-state index contributed by atoms with van der Waals surface area (Å²) in [4.78, 5) is 4.42. The van der Waals surface area contributed by atoms with E-state index in [2.05, 4.69) is 15.5 Å². The van der Waals surface area contributed by atoms with E-state index >= 15 is 0 Å². The molecule has 1 heterocycles. The molecule has 0 bridgehead atoms. The molecule has 4 nitrogen and oxygen atoms in total. The average Bonchev–Trinajstić information content (AvgIpc) is 2.60. The van der Waals surface area contributed by atoms with Gasteiger partial charge < -0.3 is 5.11 Å². The van der Waals surface area contributed by atoms with Gasteiger partial charge in [0, 0.05) is 13.0 Å². The molecular weight excluding hydrogens is 214 g/mol. The minimum Gasteiger partial charge on any atom is -0.508 e. The summed E-state index contributed by atoms with van der Waals surface area (Å²) in [5.41, 5.74) is 3.93. The normalized spacial score (nSPS) is 16.6. The molecule has 0 saturated carbocycles. The third-order valence-electron chi connectivity index (χ3n) is 2.67. The van der Waals surface area contributed by atoms with E-state index < -0.39 is 0 Å². The number of hydrogen-bond donors (Lipinski definition) is 2. The van der Waals surface area contributed by atoms with Crippen molar-refractivity contribution in [3.05, 3.63) is 29.8 Å². The second-order valence-electron chi connectivity index (χ2n) is 4.10. The van der Waals surface area contributed by atoms with Crippen LogP contribution in [-0.2, 0) is 0 Å². The summed E-state index contributed by atoms with van der Waals surface area (Å²) < 4.78 is 0. The van der Waals surface area contributed by atoms with Gasteiger partial charge in [0.25, 0.3) is 0 Å². The van der Waals surface area contributed by atoms with Crippen molar-refractivity contribution < 1.29 is 5.11 Å². The molecule has 1 aromatic rings. The van der Waals surface area contributed by atoms with Crippen LogP contribution in [0.25, 0.3) is 0 Å². The maximum Gasteiger partial charge on any atom is 0.117 e. The summed E-state index contributed by atoms with van der Waals surface area (Å²) in [6.45, 7) is 0.900. The molecular formula is C13H17N3O. The first-order chi connectivity index (χ1) is 8.34. The lowest BCUT2D eigenvalue weighted by molar-refractivity contribution is 0.475. The fraction of sp³-hybridized carbons (Fsp3) is 0.385. The highest BCUT2D eigenvalue weighted by Gasteiger charge is 2.01. The van der Waals surface area contributed by atoms with Crippen LogP contribution in [0.2, 0.25) is 0 Å². The Morgan fingerprint density at radius 3 is 2.82 bits per heavy atom. The van der Waals surface area contributed by atoms with Crippen LogP contribution in [0.3, 0.4) is 0 Å². The van der Waals surface area contributed by atoms with Gasteiger partial charge in [-0.2, -0.15) is 5.10 Å². The molecule has 4 heteroatoms. The number of aromatic hydroxyl groups is 1. The van der Waals surface area contributed by atoms with E-state index in [1.807, 2.05) is 12.1 Å². The second-order valence-corrected chi connectivity index (χ2v) is 4.10. The van der Waals surface area contributed by atoms with Crippen molar-refractivity contribution in [3.63, 3.8) is 0 Å². The summed E-state index contributed by atoms with van der Waals surface area (Å²) in [5.74, 6) is 1.24. The maximum absolute atomic E-state index is 9.14. The second kappa shape index (κ2) is 6.03. The van der Waals surface area contributed by atoms with Gasteiger partial charge in [0.05, 0.1) is 6.21 Å². The zero-order valence-electron chi connectivity index (χ0n) is 9.76. The number of nitrogens with one attached hydrogen (secondary N) is 1. The summed E-state index contributed by atoms with van der Waals surface area (Å²) >= 11 is 0. The molecule has 0 saturated heterocycles. The number of aliphatic imine (C=N–C) groups is 1. The van der Waals surface area contributed by atoms with E-state index in [-0.39, 0.29) is 5.75 Å². The molecule has 90 valence electrons. The third kappa shape index (κ3) is 3.90. The number of hydrazone groups is 1. The molecule has 2 N–H and O–H groups in total. The van der Waals surface area contributed by atoms with Gasteiger partial charge in [0.15, 0.2) is 0 Å². The number of phenols is 1. The van der Waals surface area contributed by atoms with E-state index in [9.17, 15) is 0 Å². The molecule has 2 rings (SSSR count). The van der Waals surface area contributed by atoms with Gasteiger partial charge in [-0.1, -0.05) is 6.42 Å². The molecule has 1 aliphatic heterocycles. The zero-order chi connectivity index (χ0) is 11.9. The van der Waals surface area contributed by atoms with Gasteiger partial charge >= 0.3 is 0 Å². The van der Waals surface area contributed by atoms with Gasteiger partial charge in [-0.05, 0) is 42.7 Å². The van der Waals surface area contributed by atoms with E-state index in [1.165, 1.54) is 19.3 Å². The first-order valence-electron chi connectivity index (χ1n) is 5.96. The lowest BCUT2D eigenvalue weighted by Gasteiger charge is -2.01. The zero-order valence-corrected chi connectivity index (χ0v) is 9.76. The topological polar surface area (TPSA) is 57.0 Å². The van der Waals surface area contributed by atoms with E-state index in [0.29, 0.717) is 0 Å². The van der Waals surface area contributed by atoms with Crippen LogP contribution in [0.5, 0.6) is 5.75 Å². The van der Waals surface area contributed by atoms with Crippen LogP contribution in [0.4, 0.5) is 0 Å². The summed E-state index contributed by atoms with van der Waals surface area (Å²) in [6, 6.07) is 6.92. The molecule has 0 amide bonds. The standard InChI is InChI=1S/C13H17N3O/c17-12-7-5-11(6-8-12)10-15-16-13-4-2-1-3-9-14-13/h5-8,10,17H,1-4,9H2,(H,14,16). The van der Waals surface area contributed by atoms with Gasteiger partial charge in [-0.15, -0.1) is 0 Å². The van der Waals surface area contributed by atoms with Crippen molar-refractivity contribution in [2.75, 3.05) is 6.54 Å². The van der Waals surface area contributed by atoms with Crippen molar-refractivity contribution in [1.29, 1.82) is 0 Å². The molecule has 0 aromatic heterocycles. The predicted molar refractivity (Wildman–Crippen MR) is 69.6 cm³/mol. The number of hydrogen-bond acceptors (Lipinski definition) is 4. The lowest BCUT2D eigenvalue weighted by Crippen LogP contribution is -2.17. The number of nitrogens with zero attached hydrogens (tertiary/aromatic N) is 2. The van der Waals surface area contributed by atoms with Crippen LogP contribution in [0.15, 0.2) is 34.4 Å². The van der Waals surface area contributed by atoms with Crippen molar-refractivity contribution >= 4 is 12.1 Å². The van der Waals surface area contributed by atoms with Crippen LogP contribution in [-0.4, -0.2) is 23.7 Å². The first-order valence-corrected chi connectivity index (χ1v) is 5.96. The van der Waals surface area contributed by atoms with Crippen molar-refractivity contribution in [1.82, 2.24) is 5.43 Å². The molecule has 0 fully saturated rings. The lowest BCUT2D eigenvalue weighted by atomic mass is 10.2. The van der Waals surface area contributed by atoms with Crippen molar-refractivity contribution in [3.8, 4) is 5.75 Å². The summed E-state index contributed by atoms with van der Waals surface area (Å²) in [7, 11) is 0. The summed E-state index contributed by atoms with van der Waals surface area (Å²) in [6.07, 6.45) is 6.31. The monoisotopic (exact) mass is 231 g/mol. The minimum atomic E-state index is 0.267. The van der Waals surface area contributed by atoms with Crippen LogP contribution in [0.1, 0.15) is 31.2 Å². The highest BCUT2D eigenvalue weighted by atomic mass is 16.3. The number of amidine groups is 1. The maximum atomic E-state index is 9.14. The quantitative estimate of drug-likeness (QED) is 0.606. The summed E-state index contributed by atoms with van der Waals surface area (Å²) in [5, 5.41) is 13.3.